The summed E-state index contributed by atoms with van der Waals surface area (Å²) in [5.74, 6) is -5.61. The number of amides is 4. The molecule has 9 nitrogen and oxygen atoms in total. The SMILES string of the molecule is CC(C)(C)C(NC(=O)C(F)(F)F)C(=O)N1C[C@H]2[C@@H]([C@H]1C(=O)N[C@@H](C[C@@H]1CCNC1=O)C(=O)CCl)C2(C)C. The Morgan fingerprint density at radius 3 is 2.27 bits per heavy atom. The molecule has 1 unspecified atom stereocenters. The number of likely N-dealkylation sites (tertiary alicyclic amines) is 1. The molecule has 0 aromatic heterocycles. The first-order chi connectivity index (χ1) is 16.9. The average molecular weight is 551 g/mol. The predicted octanol–water partition coefficient (Wildman–Crippen LogP) is 1.38. The Bertz CT molecular complexity index is 980. The molecule has 0 bridgehead atoms. The number of rotatable bonds is 8. The molecule has 37 heavy (non-hydrogen) atoms. The second-order valence-electron chi connectivity index (χ2n) is 11.8. The quantitative estimate of drug-likeness (QED) is 0.394. The first-order valence-corrected chi connectivity index (χ1v) is 12.8. The third-order valence-electron chi connectivity index (χ3n) is 7.93. The van der Waals surface area contributed by atoms with E-state index in [0.717, 1.165) is 0 Å². The van der Waals surface area contributed by atoms with Gasteiger partial charge in [-0.2, -0.15) is 13.2 Å². The number of ketones is 1. The number of fused-ring (bicyclic) bond motifs is 1. The number of Topliss-reactive ketones (excluding diaryl/α,β-unsaturated/α-hetero) is 1. The summed E-state index contributed by atoms with van der Waals surface area (Å²) in [5.41, 5.74) is -1.39. The van der Waals surface area contributed by atoms with Crippen LogP contribution in [0.3, 0.4) is 0 Å². The Morgan fingerprint density at radius 1 is 1.16 bits per heavy atom. The van der Waals surface area contributed by atoms with Crippen molar-refractivity contribution >= 4 is 41.0 Å². The predicted molar refractivity (Wildman–Crippen MR) is 127 cm³/mol. The number of carbonyl (C=O) groups is 5. The van der Waals surface area contributed by atoms with Crippen LogP contribution in [0.2, 0.25) is 0 Å². The van der Waals surface area contributed by atoms with Crippen LogP contribution in [0.25, 0.3) is 0 Å². The molecule has 0 radical (unpaired) electrons. The van der Waals surface area contributed by atoms with E-state index in [0.29, 0.717) is 13.0 Å². The fourth-order valence-electron chi connectivity index (χ4n) is 5.62. The van der Waals surface area contributed by atoms with Crippen LogP contribution in [0.15, 0.2) is 0 Å². The van der Waals surface area contributed by atoms with Crippen molar-refractivity contribution in [2.75, 3.05) is 19.0 Å². The van der Waals surface area contributed by atoms with Crippen LogP contribution in [0.5, 0.6) is 0 Å². The monoisotopic (exact) mass is 550 g/mol. The van der Waals surface area contributed by atoms with Crippen LogP contribution >= 0.6 is 11.6 Å². The number of carbonyl (C=O) groups excluding carboxylic acids is 5. The number of piperidine rings is 1. The minimum absolute atomic E-state index is 0.0491. The molecule has 2 saturated heterocycles. The molecule has 6 atom stereocenters. The minimum atomic E-state index is -5.18. The second kappa shape index (κ2) is 10.1. The lowest BCUT2D eigenvalue weighted by molar-refractivity contribution is -0.176. The summed E-state index contributed by atoms with van der Waals surface area (Å²) in [4.78, 5) is 64.6. The number of alkyl halides is 4. The molecular formula is C24H34ClF3N4O5. The van der Waals surface area contributed by atoms with E-state index in [4.69, 9.17) is 11.6 Å². The number of nitrogens with zero attached hydrogens (tertiary/aromatic N) is 1. The molecule has 3 N–H and O–H groups in total. The molecule has 0 spiro atoms. The van der Waals surface area contributed by atoms with Gasteiger partial charge in [0.2, 0.25) is 17.7 Å². The van der Waals surface area contributed by atoms with E-state index in [1.807, 2.05) is 13.8 Å². The summed E-state index contributed by atoms with van der Waals surface area (Å²) in [5, 5.41) is 7.14. The smallest absolute Gasteiger partial charge is 0.356 e. The van der Waals surface area contributed by atoms with Gasteiger partial charge in [0.15, 0.2) is 5.78 Å². The zero-order chi connectivity index (χ0) is 28.1. The molecule has 13 heteroatoms. The molecule has 3 aliphatic rings. The molecule has 1 saturated carbocycles. The summed E-state index contributed by atoms with van der Waals surface area (Å²) in [6.45, 7) is 9.00. The van der Waals surface area contributed by atoms with E-state index in [2.05, 4.69) is 10.6 Å². The fraction of sp³-hybridized carbons (Fsp3) is 0.792. The molecule has 4 amide bonds. The van der Waals surface area contributed by atoms with E-state index in [1.165, 1.54) is 25.7 Å². The second-order valence-corrected chi connectivity index (χ2v) is 12.1. The Hall–Kier alpha value is -2.37. The van der Waals surface area contributed by atoms with Crippen molar-refractivity contribution in [3.05, 3.63) is 0 Å². The molecule has 1 aliphatic carbocycles. The number of hydrogen-bond donors (Lipinski definition) is 3. The highest BCUT2D eigenvalue weighted by atomic mass is 35.5. The Balaban J connectivity index is 1.85. The van der Waals surface area contributed by atoms with Crippen LogP contribution in [0.4, 0.5) is 13.2 Å². The lowest BCUT2D eigenvalue weighted by Gasteiger charge is -2.38. The Labute approximate surface area is 218 Å². The zero-order valence-electron chi connectivity index (χ0n) is 21.5. The molecular weight excluding hydrogens is 517 g/mol. The minimum Gasteiger partial charge on any atom is -0.356 e. The van der Waals surface area contributed by atoms with Crippen molar-refractivity contribution in [2.45, 2.75) is 71.8 Å². The van der Waals surface area contributed by atoms with Crippen LogP contribution in [-0.2, 0) is 24.0 Å². The first-order valence-electron chi connectivity index (χ1n) is 12.3. The Morgan fingerprint density at radius 2 is 1.78 bits per heavy atom. The largest absolute Gasteiger partial charge is 0.471 e. The maximum atomic E-state index is 13.6. The fourth-order valence-corrected chi connectivity index (χ4v) is 5.80. The zero-order valence-corrected chi connectivity index (χ0v) is 22.3. The van der Waals surface area contributed by atoms with E-state index in [9.17, 15) is 37.1 Å². The van der Waals surface area contributed by atoms with E-state index in [-0.39, 0.29) is 42.0 Å². The van der Waals surface area contributed by atoms with Crippen LogP contribution in [0, 0.1) is 28.6 Å². The summed E-state index contributed by atoms with van der Waals surface area (Å²) in [6, 6.07) is -3.65. The molecule has 3 rings (SSSR count). The van der Waals surface area contributed by atoms with Gasteiger partial charge < -0.3 is 20.9 Å². The van der Waals surface area contributed by atoms with Gasteiger partial charge in [0.25, 0.3) is 0 Å². The van der Waals surface area contributed by atoms with E-state index < -0.39 is 59.1 Å². The number of halogens is 4. The lowest BCUT2D eigenvalue weighted by atomic mass is 9.85. The van der Waals surface area contributed by atoms with Gasteiger partial charge in [-0.1, -0.05) is 34.6 Å². The van der Waals surface area contributed by atoms with Crippen LogP contribution < -0.4 is 16.0 Å². The van der Waals surface area contributed by atoms with Gasteiger partial charge in [0.1, 0.15) is 12.1 Å². The van der Waals surface area contributed by atoms with Gasteiger partial charge in [-0.05, 0) is 35.5 Å². The van der Waals surface area contributed by atoms with Crippen molar-refractivity contribution in [1.29, 1.82) is 0 Å². The van der Waals surface area contributed by atoms with Crippen LogP contribution in [0.1, 0.15) is 47.5 Å². The third kappa shape index (κ3) is 5.88. The van der Waals surface area contributed by atoms with Gasteiger partial charge >= 0.3 is 12.1 Å². The van der Waals surface area contributed by atoms with Crippen molar-refractivity contribution < 1.29 is 37.1 Å². The number of nitrogens with one attached hydrogen (secondary N) is 3. The van der Waals surface area contributed by atoms with Crippen molar-refractivity contribution in [2.24, 2.45) is 28.6 Å². The standard InChI is InChI=1S/C24H34ClF3N4O5/c1-22(2,3)17(31-21(37)24(26,27)28)20(36)32-10-12-15(23(12,4)5)16(32)19(35)30-13(14(33)9-25)8-11-6-7-29-18(11)34/h11-13,15-17H,6-10H2,1-5H3,(H,29,34)(H,30,35)(H,31,37)/t11-,12-,13-,15-,16-,17?/m0/s1. The molecule has 0 aromatic rings. The van der Waals surface area contributed by atoms with Gasteiger partial charge in [0.05, 0.1) is 11.9 Å². The highest BCUT2D eigenvalue weighted by Crippen LogP contribution is 2.65. The average Bonchev–Trinajstić information content (AvgIpc) is 3.14. The number of hydrogen-bond acceptors (Lipinski definition) is 5. The van der Waals surface area contributed by atoms with Crippen molar-refractivity contribution in [1.82, 2.24) is 20.9 Å². The highest BCUT2D eigenvalue weighted by molar-refractivity contribution is 6.28. The topological polar surface area (TPSA) is 125 Å². The van der Waals surface area contributed by atoms with Gasteiger partial charge in [-0.3, -0.25) is 24.0 Å². The summed E-state index contributed by atoms with van der Waals surface area (Å²) < 4.78 is 39.0. The maximum absolute atomic E-state index is 13.6. The van der Waals surface area contributed by atoms with Crippen LogP contribution in [-0.4, -0.2) is 77.6 Å². The van der Waals surface area contributed by atoms with E-state index in [1.54, 1.807) is 5.32 Å². The van der Waals surface area contributed by atoms with Crippen molar-refractivity contribution in [3.63, 3.8) is 0 Å². The summed E-state index contributed by atoms with van der Waals surface area (Å²) >= 11 is 5.75. The molecule has 2 heterocycles. The van der Waals surface area contributed by atoms with Gasteiger partial charge in [0, 0.05) is 19.0 Å². The Kier molecular flexibility index (Phi) is 7.94. The maximum Gasteiger partial charge on any atom is 0.471 e. The van der Waals surface area contributed by atoms with Gasteiger partial charge in [-0.25, -0.2) is 0 Å². The highest BCUT2D eigenvalue weighted by Gasteiger charge is 2.70. The summed E-state index contributed by atoms with van der Waals surface area (Å²) in [6.07, 6.45) is -4.64. The third-order valence-corrected chi connectivity index (χ3v) is 8.19. The molecule has 2 aliphatic heterocycles. The van der Waals surface area contributed by atoms with Crippen molar-refractivity contribution in [3.8, 4) is 0 Å². The van der Waals surface area contributed by atoms with E-state index >= 15 is 0 Å². The molecule has 3 fully saturated rings. The molecule has 208 valence electrons. The van der Waals surface area contributed by atoms with Gasteiger partial charge in [-0.15, -0.1) is 11.6 Å². The molecule has 0 aromatic carbocycles. The first kappa shape index (κ1) is 29.2. The summed E-state index contributed by atoms with van der Waals surface area (Å²) in [7, 11) is 0. The normalized spacial score (nSPS) is 28.1. The lowest BCUT2D eigenvalue weighted by Crippen LogP contribution is -2.61.